The molecular formula is H9AsGaInO4. The van der Waals surface area contributed by atoms with E-state index in [1.165, 1.54) is 0 Å². The summed E-state index contributed by atoms with van der Waals surface area (Å²) in [4.78, 5) is 0. The van der Waals surface area contributed by atoms with Crippen LogP contribution < -0.4 is 0 Å². The Bertz CT molecular complexity index is 57.8. The molecule has 0 rings (SSSR count). The standard InChI is InChI=1S/AsH3O4.Ga.In.6H/c2-1(3,4)5;;;;;;;;/h(H3,2,3,4,5);;;;;;;;. The molecule has 7 heavy (non-hydrogen) atoms. The summed E-state index contributed by atoms with van der Waals surface area (Å²) in [6.45, 7) is 0. The first-order valence-corrected chi connectivity index (χ1v) is 4.07. The van der Waals surface area contributed by atoms with E-state index in [1.807, 2.05) is 0 Å². The van der Waals surface area contributed by atoms with Crippen LogP contribution in [0.5, 0.6) is 0 Å². The maximum absolute atomic E-state index is 8.94. The summed E-state index contributed by atoms with van der Waals surface area (Å²) in [5, 5.41) is 0. The first kappa shape index (κ1) is 15.9. The molecule has 0 aliphatic carbocycles. The topological polar surface area (TPSA) is 77.8 Å². The number of hydrogen-bond acceptors (Lipinski definition) is 1. The quantitative estimate of drug-likeness (QED) is 0.391. The van der Waals surface area contributed by atoms with Gasteiger partial charge in [0.15, 0.2) is 0 Å². The maximum atomic E-state index is 8.94. The summed E-state index contributed by atoms with van der Waals surface area (Å²) in [7, 11) is 0. The molecule has 0 saturated carbocycles. The molecule has 0 fully saturated rings. The van der Waals surface area contributed by atoms with Crippen molar-refractivity contribution in [3.63, 3.8) is 0 Å². The van der Waals surface area contributed by atoms with E-state index in [2.05, 4.69) is 0 Å². The van der Waals surface area contributed by atoms with Gasteiger partial charge in [-0.3, -0.25) is 0 Å². The molecule has 0 aromatic heterocycles. The van der Waals surface area contributed by atoms with E-state index in [-0.39, 0.29) is 45.6 Å². The van der Waals surface area contributed by atoms with Crippen molar-refractivity contribution in [2.24, 2.45) is 0 Å². The van der Waals surface area contributed by atoms with Crippen molar-refractivity contribution in [1.82, 2.24) is 0 Å². The minimum absolute atomic E-state index is 0. The van der Waals surface area contributed by atoms with Gasteiger partial charge in [-0.25, -0.2) is 0 Å². The predicted octanol–water partition coefficient (Wildman–Crippen LogP) is -4.54. The van der Waals surface area contributed by atoms with Gasteiger partial charge in [0.2, 0.25) is 0 Å². The minimum atomic E-state index is -5.12. The SMILES string of the molecule is O=[As](O)(O)O.[GaH3].[InH3]. The van der Waals surface area contributed by atoms with Crippen LogP contribution in [0.3, 0.4) is 0 Å². The second-order valence-electron chi connectivity index (χ2n) is 0.513. The van der Waals surface area contributed by atoms with Crippen LogP contribution in [0, 0.1) is 0 Å². The van der Waals surface area contributed by atoms with Crippen molar-refractivity contribution >= 4 is 60.1 Å². The van der Waals surface area contributed by atoms with E-state index in [4.69, 9.17) is 16.0 Å². The molecule has 0 aliphatic rings. The van der Waals surface area contributed by atoms with Gasteiger partial charge in [0, 0.05) is 0 Å². The van der Waals surface area contributed by atoms with E-state index < -0.39 is 14.5 Å². The van der Waals surface area contributed by atoms with Crippen LogP contribution in [0.4, 0.5) is 0 Å². The van der Waals surface area contributed by atoms with Gasteiger partial charge in [0.25, 0.3) is 0 Å². The Morgan fingerprint density at radius 2 is 1.14 bits per heavy atom. The molecule has 0 saturated heterocycles. The Morgan fingerprint density at radius 1 is 1.14 bits per heavy atom. The van der Waals surface area contributed by atoms with Crippen molar-refractivity contribution < 1.29 is 16.0 Å². The molecule has 0 aromatic carbocycles. The van der Waals surface area contributed by atoms with Crippen LogP contribution in [0.1, 0.15) is 0 Å². The summed E-state index contributed by atoms with van der Waals surface area (Å²) in [6, 6.07) is 0. The molecule has 0 aromatic rings. The fourth-order valence-electron chi connectivity index (χ4n) is 0. The van der Waals surface area contributed by atoms with E-state index >= 15 is 0 Å². The Hall–Kier alpha value is 1.74. The molecule has 0 atom stereocenters. The summed E-state index contributed by atoms with van der Waals surface area (Å²) in [5.74, 6) is 0. The molecular weight excluding hydrogens is 323 g/mol. The van der Waals surface area contributed by atoms with Gasteiger partial charge in [0.05, 0.1) is 0 Å². The molecule has 3 N–H and O–H groups in total. The second kappa shape index (κ2) is 5.87. The monoisotopic (exact) mass is 332 g/mol. The van der Waals surface area contributed by atoms with Crippen molar-refractivity contribution in [2.75, 3.05) is 0 Å². The van der Waals surface area contributed by atoms with Crippen LogP contribution in [-0.2, 0) is 3.74 Å². The third-order valence-electron chi connectivity index (χ3n) is 0. The normalized spacial score (nSPS) is 8.43. The van der Waals surface area contributed by atoms with Gasteiger partial charge >= 0.3 is 76.2 Å². The van der Waals surface area contributed by atoms with Crippen LogP contribution in [-0.4, -0.2) is 72.4 Å². The Labute approximate surface area is 75.5 Å². The van der Waals surface area contributed by atoms with Gasteiger partial charge in [-0.1, -0.05) is 0 Å². The third kappa shape index (κ3) is 84.0. The zero-order valence-electron chi connectivity index (χ0n) is 2.20. The fourth-order valence-corrected chi connectivity index (χ4v) is 0. The van der Waals surface area contributed by atoms with Gasteiger partial charge in [-0.2, -0.15) is 0 Å². The number of hydrogen-bond donors (Lipinski definition) is 3. The molecule has 4 nitrogen and oxygen atoms in total. The summed E-state index contributed by atoms with van der Waals surface area (Å²) < 4.78 is 30.7. The average molecular weight is 333 g/mol. The van der Waals surface area contributed by atoms with Crippen molar-refractivity contribution in [2.45, 2.75) is 0 Å². The van der Waals surface area contributed by atoms with Crippen molar-refractivity contribution in [1.29, 1.82) is 0 Å². The molecule has 0 heterocycles. The van der Waals surface area contributed by atoms with Crippen LogP contribution in [0.25, 0.3) is 0 Å². The van der Waals surface area contributed by atoms with E-state index in [0.717, 1.165) is 0 Å². The Kier molecular flexibility index (Phi) is 13.3. The van der Waals surface area contributed by atoms with Gasteiger partial charge in [-0.05, 0) is 0 Å². The van der Waals surface area contributed by atoms with Gasteiger partial charge in [0.1, 0.15) is 0 Å². The second-order valence-corrected chi connectivity index (χ2v) is 2.67. The Balaban J connectivity index is -0.0000000800. The zero-order chi connectivity index (χ0) is 4.50. The van der Waals surface area contributed by atoms with Crippen LogP contribution in [0.2, 0.25) is 0 Å². The molecule has 0 spiro atoms. The summed E-state index contributed by atoms with van der Waals surface area (Å²) >= 11 is -5.12. The molecule has 44 valence electrons. The van der Waals surface area contributed by atoms with Gasteiger partial charge in [-0.15, -0.1) is 0 Å². The third-order valence-corrected chi connectivity index (χ3v) is 0. The van der Waals surface area contributed by atoms with E-state index in [0.29, 0.717) is 0 Å². The van der Waals surface area contributed by atoms with E-state index in [9.17, 15) is 0 Å². The first-order chi connectivity index (χ1) is 2.00. The summed E-state index contributed by atoms with van der Waals surface area (Å²) in [5.41, 5.74) is 0. The van der Waals surface area contributed by atoms with Crippen molar-refractivity contribution in [3.05, 3.63) is 0 Å². The van der Waals surface area contributed by atoms with Crippen LogP contribution in [0.15, 0.2) is 0 Å². The molecule has 0 aliphatic heterocycles. The molecule has 7 heteroatoms. The van der Waals surface area contributed by atoms with Crippen LogP contribution >= 0.6 is 0 Å². The van der Waals surface area contributed by atoms with E-state index in [1.54, 1.807) is 0 Å². The summed E-state index contributed by atoms with van der Waals surface area (Å²) in [6.07, 6.45) is 0. The molecule has 0 bridgehead atoms. The zero-order valence-corrected chi connectivity index (χ0v) is 4.07. The Morgan fingerprint density at radius 3 is 1.14 bits per heavy atom. The molecule has 0 radical (unpaired) electrons. The van der Waals surface area contributed by atoms with Crippen molar-refractivity contribution in [3.8, 4) is 0 Å². The first-order valence-electron chi connectivity index (χ1n) is 0.783. The fraction of sp³-hybridized carbons (Fsp3) is 0. The molecule has 0 amide bonds. The van der Waals surface area contributed by atoms with Gasteiger partial charge < -0.3 is 0 Å². The number of rotatable bonds is 0. The molecule has 0 unspecified atom stereocenters. The predicted molar refractivity (Wildman–Crippen MR) is 33.0 cm³/mol. The average Bonchev–Trinajstić information content (AvgIpc) is 0.722.